The Morgan fingerprint density at radius 3 is 2.23 bits per heavy atom. The molecule has 2 aromatic rings. The molecule has 26 heavy (non-hydrogen) atoms. The van der Waals surface area contributed by atoms with Gasteiger partial charge in [0.2, 0.25) is 10.9 Å². The Hall–Kier alpha value is -1.85. The van der Waals surface area contributed by atoms with Crippen molar-refractivity contribution in [2.24, 2.45) is 11.8 Å². The molecule has 2 unspecified atom stereocenters. The Labute approximate surface area is 157 Å². The van der Waals surface area contributed by atoms with E-state index in [0.717, 1.165) is 25.0 Å². The van der Waals surface area contributed by atoms with E-state index in [4.69, 9.17) is 4.74 Å². The van der Waals surface area contributed by atoms with E-state index >= 15 is 0 Å². The summed E-state index contributed by atoms with van der Waals surface area (Å²) in [5.74, 6) is 1.94. The lowest BCUT2D eigenvalue weighted by Gasteiger charge is -2.31. The molecule has 2 atom stereocenters. The van der Waals surface area contributed by atoms with Crippen molar-refractivity contribution in [3.63, 3.8) is 0 Å². The average molecular weight is 374 g/mol. The zero-order valence-electron chi connectivity index (χ0n) is 15.0. The van der Waals surface area contributed by atoms with Gasteiger partial charge < -0.3 is 4.74 Å². The monoisotopic (exact) mass is 373 g/mol. The van der Waals surface area contributed by atoms with E-state index in [1.807, 2.05) is 30.3 Å². The van der Waals surface area contributed by atoms with E-state index in [-0.39, 0.29) is 0 Å². The van der Waals surface area contributed by atoms with E-state index in [1.54, 1.807) is 0 Å². The standard InChI is InChI=1S/C21H27NO3S/c23-26(24)22-15-14-18-8-4-5-9-20(18)16-25-21-12-10-19(11-13-21)17-6-2-1-3-7-17/h1-3,6-7,10-13,18,20,26H,4-5,8-9,14-16H2,(H,22,23,24). The fraction of sp³-hybridized carbons (Fsp3) is 0.429. The minimum absolute atomic E-state index is 0.504. The lowest BCUT2D eigenvalue weighted by molar-refractivity contribution is 0.143. The molecule has 0 spiro atoms. The molecule has 5 heteroatoms. The van der Waals surface area contributed by atoms with Crippen molar-refractivity contribution in [3.8, 4) is 16.9 Å². The molecule has 0 saturated heterocycles. The molecule has 0 heterocycles. The molecular formula is C21H27NO3S. The second-order valence-corrected chi connectivity index (χ2v) is 7.79. The van der Waals surface area contributed by atoms with Crippen LogP contribution in [0.3, 0.4) is 0 Å². The summed E-state index contributed by atoms with van der Waals surface area (Å²) in [4.78, 5) is 0. The summed E-state index contributed by atoms with van der Waals surface area (Å²) in [6.45, 7) is 1.24. The smallest absolute Gasteiger partial charge is 0.201 e. The highest BCUT2D eigenvalue weighted by Crippen LogP contribution is 2.33. The molecule has 0 aromatic heterocycles. The maximum atomic E-state index is 10.7. The first kappa shape index (κ1) is 18.9. The van der Waals surface area contributed by atoms with Crippen molar-refractivity contribution >= 4 is 10.9 Å². The molecule has 0 aliphatic heterocycles. The Bertz CT molecular complexity index is 736. The summed E-state index contributed by atoms with van der Waals surface area (Å²) in [5.41, 5.74) is 2.39. The zero-order valence-corrected chi connectivity index (χ0v) is 15.9. The molecule has 0 amide bonds. The van der Waals surface area contributed by atoms with Crippen LogP contribution in [0.2, 0.25) is 0 Å². The summed E-state index contributed by atoms with van der Waals surface area (Å²) in [7, 11) is -2.49. The van der Waals surface area contributed by atoms with E-state index in [1.165, 1.54) is 24.0 Å². The normalized spacial score (nSPS) is 20.2. The van der Waals surface area contributed by atoms with Crippen molar-refractivity contribution in [2.45, 2.75) is 32.1 Å². The molecule has 1 aliphatic rings. The van der Waals surface area contributed by atoms with Gasteiger partial charge in [-0.25, -0.2) is 13.1 Å². The van der Waals surface area contributed by atoms with Crippen LogP contribution in [0.5, 0.6) is 5.75 Å². The van der Waals surface area contributed by atoms with Crippen LogP contribution < -0.4 is 9.46 Å². The summed E-state index contributed by atoms with van der Waals surface area (Å²) < 4.78 is 29.9. The lowest BCUT2D eigenvalue weighted by atomic mass is 9.78. The van der Waals surface area contributed by atoms with Crippen LogP contribution in [-0.4, -0.2) is 21.6 Å². The highest BCUT2D eigenvalue weighted by molar-refractivity contribution is 7.70. The Balaban J connectivity index is 1.53. The highest BCUT2D eigenvalue weighted by atomic mass is 32.2. The van der Waals surface area contributed by atoms with Crippen molar-refractivity contribution in [3.05, 3.63) is 54.6 Å². The van der Waals surface area contributed by atoms with Gasteiger partial charge >= 0.3 is 0 Å². The number of benzene rings is 2. The second kappa shape index (κ2) is 9.74. The molecule has 1 saturated carbocycles. The SMILES string of the molecule is O=[SH](=O)NCCC1CCCCC1COc1ccc(-c2ccccc2)cc1. The minimum Gasteiger partial charge on any atom is -0.493 e. The highest BCUT2D eigenvalue weighted by Gasteiger charge is 2.25. The summed E-state index contributed by atoms with van der Waals surface area (Å²) in [6, 6.07) is 18.6. The van der Waals surface area contributed by atoms with Crippen molar-refractivity contribution in [2.75, 3.05) is 13.2 Å². The third-order valence-corrected chi connectivity index (χ3v) is 5.73. The van der Waals surface area contributed by atoms with E-state index in [9.17, 15) is 8.42 Å². The lowest BCUT2D eigenvalue weighted by Crippen LogP contribution is -2.28. The molecule has 140 valence electrons. The third kappa shape index (κ3) is 5.58. The maximum Gasteiger partial charge on any atom is 0.201 e. The van der Waals surface area contributed by atoms with Gasteiger partial charge in [-0.05, 0) is 47.9 Å². The predicted molar refractivity (Wildman–Crippen MR) is 106 cm³/mol. The first-order valence-electron chi connectivity index (χ1n) is 9.38. The molecule has 1 aliphatic carbocycles. The number of rotatable bonds is 8. The van der Waals surface area contributed by atoms with Crippen LogP contribution in [0, 0.1) is 11.8 Å². The maximum absolute atomic E-state index is 10.7. The number of nitrogens with one attached hydrogen (secondary N) is 1. The van der Waals surface area contributed by atoms with Gasteiger partial charge in [-0.1, -0.05) is 61.7 Å². The van der Waals surface area contributed by atoms with Crippen LogP contribution in [-0.2, 0) is 10.9 Å². The van der Waals surface area contributed by atoms with Gasteiger partial charge in [-0.2, -0.15) is 0 Å². The fourth-order valence-corrected chi connectivity index (χ4v) is 4.11. The van der Waals surface area contributed by atoms with Crippen LogP contribution in [0.1, 0.15) is 32.1 Å². The Kier molecular flexibility index (Phi) is 7.09. The summed E-state index contributed by atoms with van der Waals surface area (Å²) in [6.07, 6.45) is 5.69. The average Bonchev–Trinajstić information content (AvgIpc) is 2.68. The van der Waals surface area contributed by atoms with Gasteiger partial charge in [0.1, 0.15) is 5.75 Å². The van der Waals surface area contributed by atoms with Crippen molar-refractivity contribution in [1.29, 1.82) is 0 Å². The first-order chi connectivity index (χ1) is 12.7. The van der Waals surface area contributed by atoms with Crippen LogP contribution >= 0.6 is 0 Å². The Morgan fingerprint density at radius 2 is 1.54 bits per heavy atom. The first-order valence-corrected chi connectivity index (χ1v) is 10.6. The number of hydrogen-bond acceptors (Lipinski definition) is 3. The third-order valence-electron chi connectivity index (χ3n) is 5.25. The molecule has 3 rings (SSSR count). The molecule has 1 N–H and O–H groups in total. The van der Waals surface area contributed by atoms with Gasteiger partial charge in [0.05, 0.1) is 6.61 Å². The van der Waals surface area contributed by atoms with E-state index in [0.29, 0.717) is 25.0 Å². The van der Waals surface area contributed by atoms with E-state index < -0.39 is 10.9 Å². The Morgan fingerprint density at radius 1 is 0.885 bits per heavy atom. The molecule has 0 bridgehead atoms. The molecule has 4 nitrogen and oxygen atoms in total. The van der Waals surface area contributed by atoms with Gasteiger partial charge in [-0.3, -0.25) is 0 Å². The van der Waals surface area contributed by atoms with Crippen molar-refractivity contribution in [1.82, 2.24) is 4.72 Å². The van der Waals surface area contributed by atoms with Crippen molar-refractivity contribution < 1.29 is 13.2 Å². The van der Waals surface area contributed by atoms with Gasteiger partial charge in [-0.15, -0.1) is 0 Å². The predicted octanol–water partition coefficient (Wildman–Crippen LogP) is 4.04. The molecule has 2 aromatic carbocycles. The summed E-state index contributed by atoms with van der Waals surface area (Å²) >= 11 is 0. The largest absolute Gasteiger partial charge is 0.493 e. The van der Waals surface area contributed by atoms with Gasteiger partial charge in [0.15, 0.2) is 0 Å². The van der Waals surface area contributed by atoms with Crippen LogP contribution in [0.4, 0.5) is 0 Å². The number of hydrogen-bond donors (Lipinski definition) is 2. The quantitative estimate of drug-likeness (QED) is 0.687. The molecule has 0 radical (unpaired) electrons. The number of thiol groups is 1. The second-order valence-electron chi connectivity index (χ2n) is 6.96. The topological polar surface area (TPSA) is 55.4 Å². The minimum atomic E-state index is -2.49. The van der Waals surface area contributed by atoms with E-state index in [2.05, 4.69) is 29.0 Å². The zero-order chi connectivity index (χ0) is 18.2. The van der Waals surface area contributed by atoms with Gasteiger partial charge in [0, 0.05) is 6.54 Å². The molecular weight excluding hydrogens is 346 g/mol. The van der Waals surface area contributed by atoms with Crippen LogP contribution in [0.15, 0.2) is 54.6 Å². The van der Waals surface area contributed by atoms with Gasteiger partial charge in [0.25, 0.3) is 0 Å². The van der Waals surface area contributed by atoms with Crippen LogP contribution in [0.25, 0.3) is 11.1 Å². The number of ether oxygens (including phenoxy) is 1. The summed E-state index contributed by atoms with van der Waals surface area (Å²) in [5, 5.41) is 0. The fourth-order valence-electron chi connectivity index (χ4n) is 3.80. The molecule has 1 fully saturated rings.